The van der Waals surface area contributed by atoms with Crippen molar-refractivity contribution in [1.29, 1.82) is 0 Å². The van der Waals surface area contributed by atoms with E-state index in [2.05, 4.69) is 26.5 Å². The molecule has 0 bridgehead atoms. The smallest absolute Gasteiger partial charge is 0.265 e. The van der Waals surface area contributed by atoms with Crippen molar-refractivity contribution in [3.8, 4) is 5.75 Å². The van der Waals surface area contributed by atoms with Gasteiger partial charge in [-0.05, 0) is 36.8 Å². The van der Waals surface area contributed by atoms with Gasteiger partial charge in [0.2, 0.25) is 0 Å². The van der Waals surface area contributed by atoms with Crippen LogP contribution in [0.2, 0.25) is 0 Å². The first-order chi connectivity index (χ1) is 12.0. The molecule has 0 unspecified atom stereocenters. The van der Waals surface area contributed by atoms with Crippen molar-refractivity contribution >= 4 is 39.1 Å². The van der Waals surface area contributed by atoms with Gasteiger partial charge in [0.15, 0.2) is 6.61 Å². The quantitative estimate of drug-likeness (QED) is 0.632. The fourth-order valence-electron chi connectivity index (χ4n) is 2.41. The lowest BCUT2D eigenvalue weighted by molar-refractivity contribution is -0.125. The lowest BCUT2D eigenvalue weighted by Crippen LogP contribution is -2.44. The molecule has 3 rings (SSSR count). The summed E-state index contributed by atoms with van der Waals surface area (Å²) in [6.45, 7) is 1.61. The number of anilines is 1. The van der Waals surface area contributed by atoms with Gasteiger partial charge in [0, 0.05) is 4.47 Å². The van der Waals surface area contributed by atoms with E-state index in [4.69, 9.17) is 4.74 Å². The summed E-state index contributed by atoms with van der Waals surface area (Å²) in [5.74, 6) is -0.0478. The number of nitrogens with zero attached hydrogens (tertiary/aromatic N) is 2. The summed E-state index contributed by atoms with van der Waals surface area (Å²) in [6.07, 6.45) is 0. The fraction of sp³-hybridized carbons (Fsp3) is 0.167. The lowest BCUT2D eigenvalue weighted by Gasteiger charge is -2.28. The van der Waals surface area contributed by atoms with Gasteiger partial charge in [-0.15, -0.1) is 0 Å². The minimum atomic E-state index is -0.374. The van der Waals surface area contributed by atoms with E-state index in [1.165, 1.54) is 4.90 Å². The standard InChI is InChI=1S/C18H16BrN3O3/c1-12(13-6-8-14(19)9-7-13)20-21-17(23)10-22-15-4-2-3-5-16(15)25-11-18(22)24/h2-9H,10-11H2,1H3,(H,21,23)/b20-12-. The number of rotatable bonds is 4. The molecule has 0 aromatic heterocycles. The Labute approximate surface area is 153 Å². The number of carbonyl (C=O) groups is 2. The molecule has 1 N–H and O–H groups in total. The molecule has 0 spiro atoms. The number of halogens is 1. The van der Waals surface area contributed by atoms with Crippen molar-refractivity contribution in [1.82, 2.24) is 5.43 Å². The molecular formula is C18H16BrN3O3. The predicted molar refractivity (Wildman–Crippen MR) is 98.8 cm³/mol. The maximum absolute atomic E-state index is 12.2. The van der Waals surface area contributed by atoms with E-state index in [-0.39, 0.29) is 25.0 Å². The maximum Gasteiger partial charge on any atom is 0.265 e. The SMILES string of the molecule is C/C(=N/NC(=O)CN1C(=O)COc2ccccc21)c1ccc(Br)cc1. The number of hydrogen-bond donors (Lipinski definition) is 1. The Kier molecular flexibility index (Phi) is 5.14. The second-order valence-electron chi connectivity index (χ2n) is 5.48. The second kappa shape index (κ2) is 7.48. The van der Waals surface area contributed by atoms with Crippen molar-refractivity contribution in [3.63, 3.8) is 0 Å². The summed E-state index contributed by atoms with van der Waals surface area (Å²) in [5.41, 5.74) is 4.66. The molecule has 2 aromatic carbocycles. The molecule has 7 heteroatoms. The van der Waals surface area contributed by atoms with Crippen LogP contribution in [-0.4, -0.2) is 30.7 Å². The molecule has 0 saturated carbocycles. The van der Waals surface area contributed by atoms with Crippen LogP contribution in [0, 0.1) is 0 Å². The fourth-order valence-corrected chi connectivity index (χ4v) is 2.67. The van der Waals surface area contributed by atoms with E-state index in [0.29, 0.717) is 17.1 Å². The average molecular weight is 402 g/mol. The summed E-state index contributed by atoms with van der Waals surface area (Å²) < 4.78 is 6.33. The highest BCUT2D eigenvalue weighted by Crippen LogP contribution is 2.31. The van der Waals surface area contributed by atoms with Crippen LogP contribution < -0.4 is 15.1 Å². The molecular weight excluding hydrogens is 386 g/mol. The number of hydrogen-bond acceptors (Lipinski definition) is 4. The van der Waals surface area contributed by atoms with Gasteiger partial charge in [-0.25, -0.2) is 5.43 Å². The number of amides is 2. The first kappa shape index (κ1) is 17.2. The minimum absolute atomic E-state index is 0.0779. The third kappa shape index (κ3) is 4.06. The number of nitrogens with one attached hydrogen (secondary N) is 1. The van der Waals surface area contributed by atoms with E-state index in [0.717, 1.165) is 10.0 Å². The van der Waals surface area contributed by atoms with Crippen molar-refractivity contribution in [2.45, 2.75) is 6.92 Å². The molecule has 2 amide bonds. The van der Waals surface area contributed by atoms with Gasteiger partial charge < -0.3 is 4.74 Å². The molecule has 128 valence electrons. The zero-order valence-corrected chi connectivity index (χ0v) is 15.1. The Morgan fingerprint density at radius 2 is 1.96 bits per heavy atom. The van der Waals surface area contributed by atoms with Crippen molar-refractivity contribution in [3.05, 3.63) is 58.6 Å². The first-order valence-electron chi connectivity index (χ1n) is 7.66. The van der Waals surface area contributed by atoms with Gasteiger partial charge in [0.1, 0.15) is 12.3 Å². The average Bonchev–Trinajstić information content (AvgIpc) is 2.63. The predicted octanol–water partition coefficient (Wildman–Crippen LogP) is 2.71. The highest BCUT2D eigenvalue weighted by Gasteiger charge is 2.26. The van der Waals surface area contributed by atoms with Gasteiger partial charge in [0.25, 0.3) is 11.8 Å². The molecule has 0 fully saturated rings. The monoisotopic (exact) mass is 401 g/mol. The third-order valence-corrected chi connectivity index (χ3v) is 4.25. The summed E-state index contributed by atoms with van der Waals surface area (Å²) in [7, 11) is 0. The van der Waals surface area contributed by atoms with Crippen LogP contribution in [0.15, 0.2) is 58.1 Å². The summed E-state index contributed by atoms with van der Waals surface area (Å²) in [5, 5.41) is 4.10. The lowest BCUT2D eigenvalue weighted by atomic mass is 10.1. The van der Waals surface area contributed by atoms with E-state index in [1.807, 2.05) is 30.3 Å². The zero-order chi connectivity index (χ0) is 17.8. The van der Waals surface area contributed by atoms with Crippen LogP contribution in [0.5, 0.6) is 5.75 Å². The topological polar surface area (TPSA) is 71.0 Å². The van der Waals surface area contributed by atoms with Crippen molar-refractivity contribution in [2.24, 2.45) is 5.10 Å². The normalized spacial score (nSPS) is 13.9. The maximum atomic E-state index is 12.2. The molecule has 6 nitrogen and oxygen atoms in total. The van der Waals surface area contributed by atoms with Crippen molar-refractivity contribution in [2.75, 3.05) is 18.1 Å². The molecule has 0 aliphatic carbocycles. The highest BCUT2D eigenvalue weighted by atomic mass is 79.9. The van der Waals surface area contributed by atoms with E-state index in [9.17, 15) is 9.59 Å². The zero-order valence-electron chi connectivity index (χ0n) is 13.5. The largest absolute Gasteiger partial charge is 0.482 e. The molecule has 2 aromatic rings. The molecule has 25 heavy (non-hydrogen) atoms. The van der Waals surface area contributed by atoms with Crippen LogP contribution in [0.4, 0.5) is 5.69 Å². The van der Waals surface area contributed by atoms with Crippen LogP contribution in [0.3, 0.4) is 0 Å². The van der Waals surface area contributed by atoms with Gasteiger partial charge in [0.05, 0.1) is 11.4 Å². The Morgan fingerprint density at radius 3 is 2.72 bits per heavy atom. The molecule has 1 aliphatic heterocycles. The van der Waals surface area contributed by atoms with E-state index < -0.39 is 0 Å². The molecule has 0 atom stereocenters. The molecule has 0 saturated heterocycles. The second-order valence-corrected chi connectivity index (χ2v) is 6.39. The van der Waals surface area contributed by atoms with Gasteiger partial charge in [-0.3, -0.25) is 14.5 Å². The van der Waals surface area contributed by atoms with Gasteiger partial charge >= 0.3 is 0 Å². The van der Waals surface area contributed by atoms with E-state index >= 15 is 0 Å². The summed E-state index contributed by atoms with van der Waals surface area (Å²) in [6, 6.07) is 14.7. The number of benzene rings is 2. The number of ether oxygens (including phenoxy) is 1. The first-order valence-corrected chi connectivity index (χ1v) is 8.45. The number of fused-ring (bicyclic) bond motifs is 1. The van der Waals surface area contributed by atoms with Crippen LogP contribution in [0.1, 0.15) is 12.5 Å². The van der Waals surface area contributed by atoms with Crippen LogP contribution >= 0.6 is 15.9 Å². The Bertz CT molecular complexity index is 834. The van der Waals surface area contributed by atoms with Crippen LogP contribution in [-0.2, 0) is 9.59 Å². The minimum Gasteiger partial charge on any atom is -0.482 e. The number of hydrazone groups is 1. The Balaban J connectivity index is 1.67. The number of carbonyl (C=O) groups excluding carboxylic acids is 2. The summed E-state index contributed by atoms with van der Waals surface area (Å²) in [4.78, 5) is 25.7. The Morgan fingerprint density at radius 1 is 1.24 bits per heavy atom. The Hall–Kier alpha value is -2.67. The third-order valence-electron chi connectivity index (χ3n) is 3.72. The van der Waals surface area contributed by atoms with Crippen LogP contribution in [0.25, 0.3) is 0 Å². The molecule has 1 heterocycles. The number of para-hydroxylation sites is 2. The van der Waals surface area contributed by atoms with Gasteiger partial charge in [-0.1, -0.05) is 40.2 Å². The van der Waals surface area contributed by atoms with E-state index in [1.54, 1.807) is 25.1 Å². The molecule has 0 radical (unpaired) electrons. The van der Waals surface area contributed by atoms with Gasteiger partial charge in [-0.2, -0.15) is 5.10 Å². The van der Waals surface area contributed by atoms with Crippen molar-refractivity contribution < 1.29 is 14.3 Å². The molecule has 1 aliphatic rings. The summed E-state index contributed by atoms with van der Waals surface area (Å²) >= 11 is 3.37. The highest BCUT2D eigenvalue weighted by molar-refractivity contribution is 9.10.